The SMILES string of the molecule is CC(N)CCCC(C)c1nc(N2CCCCCC2)no1. The van der Waals surface area contributed by atoms with Crippen molar-refractivity contribution in [3.63, 3.8) is 0 Å². The molecule has 5 heteroatoms. The topological polar surface area (TPSA) is 68.2 Å². The van der Waals surface area contributed by atoms with Crippen molar-refractivity contribution in [1.82, 2.24) is 10.1 Å². The van der Waals surface area contributed by atoms with Gasteiger partial charge < -0.3 is 15.2 Å². The lowest BCUT2D eigenvalue weighted by Crippen LogP contribution is -2.25. The lowest BCUT2D eigenvalue weighted by molar-refractivity contribution is 0.349. The van der Waals surface area contributed by atoms with Crippen LogP contribution in [0.3, 0.4) is 0 Å². The zero-order chi connectivity index (χ0) is 14.4. The molecule has 114 valence electrons. The number of nitrogens with two attached hydrogens (primary N) is 1. The van der Waals surface area contributed by atoms with E-state index in [-0.39, 0.29) is 6.04 Å². The number of aromatic nitrogens is 2. The van der Waals surface area contributed by atoms with Gasteiger partial charge in [0.15, 0.2) is 0 Å². The molecule has 1 aromatic heterocycles. The smallest absolute Gasteiger partial charge is 0.266 e. The van der Waals surface area contributed by atoms with E-state index in [1.807, 2.05) is 0 Å². The number of nitrogens with zero attached hydrogens (tertiary/aromatic N) is 3. The predicted molar refractivity (Wildman–Crippen MR) is 80.9 cm³/mol. The molecule has 0 bridgehead atoms. The van der Waals surface area contributed by atoms with Gasteiger partial charge in [-0.25, -0.2) is 0 Å². The third-order valence-electron chi connectivity index (χ3n) is 4.04. The van der Waals surface area contributed by atoms with Gasteiger partial charge in [0.1, 0.15) is 0 Å². The maximum Gasteiger partial charge on any atom is 0.266 e. The summed E-state index contributed by atoms with van der Waals surface area (Å²) >= 11 is 0. The van der Waals surface area contributed by atoms with Crippen molar-refractivity contribution < 1.29 is 4.52 Å². The minimum absolute atomic E-state index is 0.276. The Labute approximate surface area is 121 Å². The number of anilines is 1. The van der Waals surface area contributed by atoms with Gasteiger partial charge in [-0.2, -0.15) is 4.98 Å². The van der Waals surface area contributed by atoms with Gasteiger partial charge in [-0.3, -0.25) is 0 Å². The maximum absolute atomic E-state index is 5.78. The molecule has 20 heavy (non-hydrogen) atoms. The Balaban J connectivity index is 1.87. The predicted octanol–water partition coefficient (Wildman–Crippen LogP) is 3.07. The lowest BCUT2D eigenvalue weighted by Gasteiger charge is -2.16. The van der Waals surface area contributed by atoms with E-state index in [2.05, 4.69) is 28.9 Å². The van der Waals surface area contributed by atoms with E-state index < -0.39 is 0 Å². The molecule has 0 amide bonds. The largest absolute Gasteiger partial charge is 0.338 e. The van der Waals surface area contributed by atoms with Gasteiger partial charge in [-0.05, 0) is 37.8 Å². The van der Waals surface area contributed by atoms with E-state index in [9.17, 15) is 0 Å². The highest BCUT2D eigenvalue weighted by Crippen LogP contribution is 2.23. The normalized spacial score (nSPS) is 19.6. The highest BCUT2D eigenvalue weighted by atomic mass is 16.5. The van der Waals surface area contributed by atoms with Crippen LogP contribution in [0.15, 0.2) is 4.52 Å². The second kappa shape index (κ2) is 7.62. The maximum atomic E-state index is 5.78. The number of hydrogen-bond donors (Lipinski definition) is 1. The van der Waals surface area contributed by atoms with Crippen molar-refractivity contribution in [3.8, 4) is 0 Å². The molecule has 0 aromatic carbocycles. The Morgan fingerprint density at radius 2 is 1.85 bits per heavy atom. The first-order chi connectivity index (χ1) is 9.66. The van der Waals surface area contributed by atoms with Crippen molar-refractivity contribution in [2.75, 3.05) is 18.0 Å². The fourth-order valence-electron chi connectivity index (χ4n) is 2.70. The summed E-state index contributed by atoms with van der Waals surface area (Å²) in [5.41, 5.74) is 5.78. The summed E-state index contributed by atoms with van der Waals surface area (Å²) in [6.07, 6.45) is 8.31. The molecule has 5 nitrogen and oxygen atoms in total. The summed E-state index contributed by atoms with van der Waals surface area (Å²) in [6.45, 7) is 6.31. The van der Waals surface area contributed by atoms with Crippen molar-refractivity contribution in [1.29, 1.82) is 0 Å². The molecule has 1 saturated heterocycles. The molecular weight excluding hydrogens is 252 g/mol. The van der Waals surface area contributed by atoms with Crippen LogP contribution >= 0.6 is 0 Å². The Bertz CT molecular complexity index is 383. The molecule has 0 spiro atoms. The lowest BCUT2D eigenvalue weighted by atomic mass is 10.0. The van der Waals surface area contributed by atoms with E-state index in [0.29, 0.717) is 5.92 Å². The van der Waals surface area contributed by atoms with E-state index in [0.717, 1.165) is 44.2 Å². The van der Waals surface area contributed by atoms with E-state index >= 15 is 0 Å². The zero-order valence-corrected chi connectivity index (χ0v) is 12.8. The van der Waals surface area contributed by atoms with Gasteiger partial charge in [-0.15, -0.1) is 0 Å². The molecule has 2 heterocycles. The first-order valence-corrected chi connectivity index (χ1v) is 8.01. The van der Waals surface area contributed by atoms with E-state index in [1.165, 1.54) is 25.7 Å². The van der Waals surface area contributed by atoms with E-state index in [4.69, 9.17) is 10.3 Å². The molecule has 2 unspecified atom stereocenters. The molecule has 1 aromatic rings. The van der Waals surface area contributed by atoms with Crippen LogP contribution in [0.5, 0.6) is 0 Å². The highest BCUT2D eigenvalue weighted by Gasteiger charge is 2.19. The first kappa shape index (κ1) is 15.3. The van der Waals surface area contributed by atoms with Crippen LogP contribution in [-0.4, -0.2) is 29.3 Å². The fraction of sp³-hybridized carbons (Fsp3) is 0.867. The Kier molecular flexibility index (Phi) is 5.83. The van der Waals surface area contributed by atoms with Crippen LogP contribution < -0.4 is 10.6 Å². The molecule has 0 radical (unpaired) electrons. The summed E-state index contributed by atoms with van der Waals surface area (Å²) in [5, 5.41) is 4.16. The molecule has 1 fully saturated rings. The molecule has 0 aliphatic carbocycles. The van der Waals surface area contributed by atoms with Crippen LogP contribution in [0.1, 0.15) is 70.6 Å². The summed E-state index contributed by atoms with van der Waals surface area (Å²) < 4.78 is 5.44. The Morgan fingerprint density at radius 1 is 1.15 bits per heavy atom. The van der Waals surface area contributed by atoms with Crippen molar-refractivity contribution in [2.24, 2.45) is 5.73 Å². The first-order valence-electron chi connectivity index (χ1n) is 8.01. The Hall–Kier alpha value is -1.10. The average molecular weight is 280 g/mol. The third-order valence-corrected chi connectivity index (χ3v) is 4.04. The summed E-state index contributed by atoms with van der Waals surface area (Å²) in [6, 6.07) is 0.276. The Morgan fingerprint density at radius 3 is 2.50 bits per heavy atom. The second-order valence-corrected chi connectivity index (χ2v) is 6.14. The second-order valence-electron chi connectivity index (χ2n) is 6.14. The zero-order valence-electron chi connectivity index (χ0n) is 12.8. The standard InChI is InChI=1S/C15H28N4O/c1-12(8-7-9-13(2)16)14-17-15(18-20-14)19-10-5-3-4-6-11-19/h12-13H,3-11,16H2,1-2H3. The van der Waals surface area contributed by atoms with Crippen LogP contribution in [0.2, 0.25) is 0 Å². The van der Waals surface area contributed by atoms with Crippen LogP contribution in [0, 0.1) is 0 Å². The van der Waals surface area contributed by atoms with Crippen molar-refractivity contribution >= 4 is 5.95 Å². The highest BCUT2D eigenvalue weighted by molar-refractivity contribution is 5.28. The molecule has 2 N–H and O–H groups in total. The van der Waals surface area contributed by atoms with Crippen molar-refractivity contribution in [3.05, 3.63) is 5.89 Å². The van der Waals surface area contributed by atoms with Gasteiger partial charge >= 0.3 is 0 Å². The molecular formula is C15H28N4O. The monoisotopic (exact) mass is 280 g/mol. The summed E-state index contributed by atoms with van der Waals surface area (Å²) in [7, 11) is 0. The van der Waals surface area contributed by atoms with Crippen molar-refractivity contribution in [2.45, 2.75) is 70.8 Å². The van der Waals surface area contributed by atoms with Gasteiger partial charge in [0, 0.05) is 25.0 Å². The van der Waals surface area contributed by atoms with E-state index in [1.54, 1.807) is 0 Å². The van der Waals surface area contributed by atoms with Gasteiger partial charge in [-0.1, -0.05) is 26.2 Å². The summed E-state index contributed by atoms with van der Waals surface area (Å²) in [5.74, 6) is 1.87. The van der Waals surface area contributed by atoms with Gasteiger partial charge in [0.05, 0.1) is 0 Å². The fourth-order valence-corrected chi connectivity index (χ4v) is 2.70. The molecule has 2 rings (SSSR count). The van der Waals surface area contributed by atoms with Crippen LogP contribution in [-0.2, 0) is 0 Å². The summed E-state index contributed by atoms with van der Waals surface area (Å²) in [4.78, 5) is 6.85. The van der Waals surface area contributed by atoms with Crippen LogP contribution in [0.25, 0.3) is 0 Å². The minimum Gasteiger partial charge on any atom is -0.338 e. The average Bonchev–Trinajstić information content (AvgIpc) is 2.74. The third kappa shape index (κ3) is 4.47. The molecule has 0 saturated carbocycles. The molecule has 2 atom stereocenters. The number of hydrogen-bond acceptors (Lipinski definition) is 5. The van der Waals surface area contributed by atoms with Gasteiger partial charge in [0.25, 0.3) is 5.95 Å². The van der Waals surface area contributed by atoms with Gasteiger partial charge in [0.2, 0.25) is 5.89 Å². The minimum atomic E-state index is 0.276. The molecule has 1 aliphatic rings. The van der Waals surface area contributed by atoms with Crippen LogP contribution in [0.4, 0.5) is 5.95 Å². The number of rotatable bonds is 6. The molecule has 1 aliphatic heterocycles. The quantitative estimate of drug-likeness (QED) is 0.867.